The van der Waals surface area contributed by atoms with Gasteiger partial charge in [-0.3, -0.25) is 4.79 Å². The van der Waals surface area contributed by atoms with E-state index in [-0.39, 0.29) is 6.42 Å². The van der Waals surface area contributed by atoms with Crippen molar-refractivity contribution < 1.29 is 18.0 Å². The first kappa shape index (κ1) is 11.8. The molecule has 0 amide bonds. The normalized spacial score (nSPS) is 10.5. The van der Waals surface area contributed by atoms with E-state index >= 15 is 0 Å². The highest BCUT2D eigenvalue weighted by Gasteiger charge is 2.19. The molecule has 2 nitrogen and oxygen atoms in total. The molecule has 0 unspecified atom stereocenters. The number of carbonyl (C=O) groups is 1. The summed E-state index contributed by atoms with van der Waals surface area (Å²) in [5.74, 6) is -4.19. The van der Waals surface area contributed by atoms with Crippen LogP contribution < -0.4 is 0 Å². The van der Waals surface area contributed by atoms with Gasteiger partial charge in [0.2, 0.25) is 0 Å². The summed E-state index contributed by atoms with van der Waals surface area (Å²) in [4.78, 5) is 15.5. The van der Waals surface area contributed by atoms with E-state index in [9.17, 15) is 18.0 Å². The number of aromatic nitrogens is 1. The second-order valence-electron chi connectivity index (χ2n) is 3.27. The first-order chi connectivity index (χ1) is 8.08. The van der Waals surface area contributed by atoms with E-state index in [1.54, 1.807) is 5.38 Å². The van der Waals surface area contributed by atoms with Crippen LogP contribution in [0.25, 0.3) is 0 Å². The molecule has 6 heteroatoms. The van der Waals surface area contributed by atoms with E-state index in [4.69, 9.17) is 0 Å². The van der Waals surface area contributed by atoms with Gasteiger partial charge < -0.3 is 0 Å². The molecule has 17 heavy (non-hydrogen) atoms. The molecule has 0 aliphatic heterocycles. The molecule has 2 rings (SSSR count). The highest BCUT2D eigenvalue weighted by Crippen LogP contribution is 2.17. The zero-order chi connectivity index (χ0) is 12.4. The largest absolute Gasteiger partial charge is 0.293 e. The standard InChI is InChI=1S/C11H6F3NOS/c12-6-3-7(13)11(8(14)4-6)9(16)5-10-15-1-2-17-10/h1-4H,5H2. The number of hydrogen-bond acceptors (Lipinski definition) is 3. The fraction of sp³-hybridized carbons (Fsp3) is 0.0909. The van der Waals surface area contributed by atoms with Gasteiger partial charge in [0, 0.05) is 23.7 Å². The molecule has 0 aliphatic carbocycles. The van der Waals surface area contributed by atoms with Crippen LogP contribution in [0.1, 0.15) is 15.4 Å². The van der Waals surface area contributed by atoms with Crippen LogP contribution in [0.15, 0.2) is 23.7 Å². The van der Waals surface area contributed by atoms with Crippen LogP contribution in [-0.4, -0.2) is 10.8 Å². The minimum absolute atomic E-state index is 0.197. The maximum absolute atomic E-state index is 13.3. The summed E-state index contributed by atoms with van der Waals surface area (Å²) < 4.78 is 39.2. The van der Waals surface area contributed by atoms with E-state index in [1.807, 2.05) is 0 Å². The molecule has 0 radical (unpaired) electrons. The third kappa shape index (κ3) is 2.52. The molecular formula is C11H6F3NOS. The predicted molar refractivity (Wildman–Crippen MR) is 56.5 cm³/mol. The molecule has 0 N–H and O–H groups in total. The van der Waals surface area contributed by atoms with Crippen LogP contribution >= 0.6 is 11.3 Å². The number of rotatable bonds is 3. The van der Waals surface area contributed by atoms with Crippen LogP contribution in [0.5, 0.6) is 0 Å². The summed E-state index contributed by atoms with van der Waals surface area (Å²) >= 11 is 1.21. The second kappa shape index (κ2) is 4.67. The molecule has 0 atom stereocenters. The Morgan fingerprint density at radius 1 is 1.24 bits per heavy atom. The number of carbonyl (C=O) groups excluding carboxylic acids is 1. The van der Waals surface area contributed by atoms with Crippen molar-refractivity contribution in [1.29, 1.82) is 0 Å². The lowest BCUT2D eigenvalue weighted by molar-refractivity contribution is 0.0984. The molecule has 0 bridgehead atoms. The number of nitrogens with zero attached hydrogens (tertiary/aromatic N) is 1. The SMILES string of the molecule is O=C(Cc1nccs1)c1c(F)cc(F)cc1F. The Morgan fingerprint density at radius 3 is 2.41 bits per heavy atom. The Kier molecular flexibility index (Phi) is 3.23. The van der Waals surface area contributed by atoms with Crippen LogP contribution in [-0.2, 0) is 6.42 Å². The number of Topliss-reactive ketones (excluding diaryl/α,β-unsaturated/α-hetero) is 1. The van der Waals surface area contributed by atoms with E-state index in [0.29, 0.717) is 17.1 Å². The van der Waals surface area contributed by atoms with Crippen molar-refractivity contribution in [2.75, 3.05) is 0 Å². The smallest absolute Gasteiger partial charge is 0.175 e. The topological polar surface area (TPSA) is 30.0 Å². The molecule has 0 aliphatic rings. The lowest BCUT2D eigenvalue weighted by Gasteiger charge is -2.03. The lowest BCUT2D eigenvalue weighted by atomic mass is 10.1. The zero-order valence-electron chi connectivity index (χ0n) is 8.41. The lowest BCUT2D eigenvalue weighted by Crippen LogP contribution is -2.09. The number of thiazole rings is 1. The van der Waals surface area contributed by atoms with Crippen molar-refractivity contribution in [3.63, 3.8) is 0 Å². The van der Waals surface area contributed by atoms with Gasteiger partial charge >= 0.3 is 0 Å². The Labute approximate surface area is 98.7 Å². The minimum Gasteiger partial charge on any atom is -0.293 e. The van der Waals surface area contributed by atoms with Crippen molar-refractivity contribution in [1.82, 2.24) is 4.98 Å². The van der Waals surface area contributed by atoms with Crippen molar-refractivity contribution in [2.24, 2.45) is 0 Å². The van der Waals surface area contributed by atoms with Gasteiger partial charge in [-0.25, -0.2) is 18.2 Å². The van der Waals surface area contributed by atoms with Gasteiger partial charge in [0.25, 0.3) is 0 Å². The monoisotopic (exact) mass is 257 g/mol. The van der Waals surface area contributed by atoms with E-state index in [1.165, 1.54) is 17.5 Å². The average molecular weight is 257 g/mol. The number of ketones is 1. The van der Waals surface area contributed by atoms with Gasteiger partial charge in [-0.15, -0.1) is 11.3 Å². The molecule has 2 aromatic rings. The predicted octanol–water partition coefficient (Wildman–Crippen LogP) is 2.99. The summed E-state index contributed by atoms with van der Waals surface area (Å²) in [6.07, 6.45) is 1.29. The van der Waals surface area contributed by atoms with Gasteiger partial charge in [-0.2, -0.15) is 0 Å². The molecule has 0 spiro atoms. The summed E-state index contributed by atoms with van der Waals surface area (Å²) in [6.45, 7) is 0. The van der Waals surface area contributed by atoms with Gasteiger partial charge in [-0.05, 0) is 0 Å². The molecule has 0 saturated carbocycles. The Bertz CT molecular complexity index is 531. The summed E-state index contributed by atoms with van der Waals surface area (Å²) in [7, 11) is 0. The molecule has 0 saturated heterocycles. The fourth-order valence-electron chi connectivity index (χ4n) is 1.37. The minimum atomic E-state index is -1.19. The van der Waals surface area contributed by atoms with E-state index in [2.05, 4.69) is 4.98 Å². The first-order valence-corrected chi connectivity index (χ1v) is 5.52. The first-order valence-electron chi connectivity index (χ1n) is 4.64. The number of halogens is 3. The third-order valence-electron chi connectivity index (χ3n) is 2.08. The van der Waals surface area contributed by atoms with Crippen molar-refractivity contribution in [3.8, 4) is 0 Å². The van der Waals surface area contributed by atoms with Gasteiger partial charge in [-0.1, -0.05) is 0 Å². The summed E-state index contributed by atoms with van der Waals surface area (Å²) in [5.41, 5.74) is -0.721. The van der Waals surface area contributed by atoms with E-state index < -0.39 is 28.8 Å². The molecule has 1 aromatic heterocycles. The Morgan fingerprint density at radius 2 is 1.88 bits per heavy atom. The van der Waals surface area contributed by atoms with E-state index in [0.717, 1.165) is 0 Å². The maximum Gasteiger partial charge on any atom is 0.175 e. The van der Waals surface area contributed by atoms with Crippen molar-refractivity contribution in [3.05, 3.63) is 51.7 Å². The molecular weight excluding hydrogens is 251 g/mol. The molecule has 1 aromatic carbocycles. The van der Waals surface area contributed by atoms with Gasteiger partial charge in [0.05, 0.1) is 12.0 Å². The Hall–Kier alpha value is -1.69. The second-order valence-corrected chi connectivity index (χ2v) is 4.25. The molecule has 0 fully saturated rings. The van der Waals surface area contributed by atoms with Gasteiger partial charge in [0.1, 0.15) is 22.5 Å². The van der Waals surface area contributed by atoms with Crippen molar-refractivity contribution >= 4 is 17.1 Å². The molecule has 88 valence electrons. The maximum atomic E-state index is 13.3. The number of benzene rings is 1. The van der Waals surface area contributed by atoms with Crippen LogP contribution in [0.4, 0.5) is 13.2 Å². The van der Waals surface area contributed by atoms with Crippen LogP contribution in [0, 0.1) is 17.5 Å². The summed E-state index contributed by atoms with van der Waals surface area (Å²) in [5, 5.41) is 2.11. The highest BCUT2D eigenvalue weighted by molar-refractivity contribution is 7.09. The zero-order valence-corrected chi connectivity index (χ0v) is 9.23. The van der Waals surface area contributed by atoms with Crippen molar-refractivity contribution in [2.45, 2.75) is 6.42 Å². The molecule has 1 heterocycles. The highest BCUT2D eigenvalue weighted by atomic mass is 32.1. The van der Waals surface area contributed by atoms with Crippen LogP contribution in [0.3, 0.4) is 0 Å². The van der Waals surface area contributed by atoms with Crippen LogP contribution in [0.2, 0.25) is 0 Å². The average Bonchev–Trinajstić information content (AvgIpc) is 2.68. The fourth-order valence-corrected chi connectivity index (χ4v) is 1.99. The Balaban J connectivity index is 2.31. The summed E-state index contributed by atoms with van der Waals surface area (Å²) in [6, 6.07) is 0.969. The number of hydrogen-bond donors (Lipinski definition) is 0. The quantitative estimate of drug-likeness (QED) is 0.791. The third-order valence-corrected chi connectivity index (χ3v) is 2.86. The van der Waals surface area contributed by atoms with Gasteiger partial charge in [0.15, 0.2) is 5.78 Å².